The SMILES string of the molecule is CN[C@@H](C)C(=O)N[C@H]1CN(S(=O)(=O)c2cccc(S(=O)(=O)N3CC[C@H]4CC[C@@H](C(=O)NC(c5ccccc5)c5ccccc5)N4C(=O)[C@@H](NC(=O)[C@H](C)NC)C3)c2)CC[C@H]2CC[C@H](C(=O)NC(c3ccccc3)c3ccccc3)N2C1=O. The largest absolute Gasteiger partial charge is 0.343 e. The molecule has 5 aromatic carbocycles. The molecule has 4 aliphatic rings. The van der Waals surface area contributed by atoms with Crippen molar-refractivity contribution in [1.29, 1.82) is 0 Å². The predicted molar refractivity (Wildman–Crippen MR) is 307 cm³/mol. The fourth-order valence-corrected chi connectivity index (χ4v) is 14.7. The molecule has 9 rings (SSSR count). The lowest BCUT2D eigenvalue weighted by molar-refractivity contribution is -0.144. The molecular formula is C60H72N10O10S2. The molecule has 0 saturated carbocycles. The van der Waals surface area contributed by atoms with Gasteiger partial charge in [-0.05, 0) is 107 Å². The highest BCUT2D eigenvalue weighted by Gasteiger charge is 2.49. The highest BCUT2D eigenvalue weighted by atomic mass is 32.2. The molecule has 4 heterocycles. The zero-order valence-corrected chi connectivity index (χ0v) is 48.0. The maximum Gasteiger partial charge on any atom is 0.247 e. The van der Waals surface area contributed by atoms with Gasteiger partial charge >= 0.3 is 0 Å². The van der Waals surface area contributed by atoms with Crippen molar-refractivity contribution < 1.29 is 45.6 Å². The number of carbonyl (C=O) groups is 6. The van der Waals surface area contributed by atoms with E-state index in [0.29, 0.717) is 12.8 Å². The summed E-state index contributed by atoms with van der Waals surface area (Å²) in [5.41, 5.74) is 3.33. The van der Waals surface area contributed by atoms with Crippen molar-refractivity contribution in [2.45, 2.75) is 123 Å². The lowest BCUT2D eigenvalue weighted by atomic mass is 9.98. The van der Waals surface area contributed by atoms with Crippen molar-refractivity contribution in [3.05, 3.63) is 168 Å². The van der Waals surface area contributed by atoms with Crippen LogP contribution in [-0.4, -0.2) is 159 Å². The summed E-state index contributed by atoms with van der Waals surface area (Å²) in [5, 5.41) is 17.5. The first kappa shape index (κ1) is 59.3. The molecule has 22 heteroatoms. The van der Waals surface area contributed by atoms with E-state index >= 15 is 16.8 Å². The average Bonchev–Trinajstić information content (AvgIpc) is 4.28. The van der Waals surface area contributed by atoms with Crippen LogP contribution in [-0.2, 0) is 48.8 Å². The zero-order chi connectivity index (χ0) is 58.3. The van der Waals surface area contributed by atoms with E-state index in [1.54, 1.807) is 27.9 Å². The second kappa shape index (κ2) is 25.8. The second-order valence-electron chi connectivity index (χ2n) is 21.4. The number of amides is 6. The third-order valence-corrected chi connectivity index (χ3v) is 20.1. The van der Waals surface area contributed by atoms with Crippen LogP contribution in [0.5, 0.6) is 0 Å². The van der Waals surface area contributed by atoms with Gasteiger partial charge in [0.2, 0.25) is 55.5 Å². The Hall–Kier alpha value is -7.34. The molecule has 0 bridgehead atoms. The molecule has 0 radical (unpaired) electrons. The van der Waals surface area contributed by atoms with Crippen molar-refractivity contribution in [2.75, 3.05) is 40.3 Å². The minimum Gasteiger partial charge on any atom is -0.343 e. The molecule has 20 nitrogen and oxygen atoms in total. The molecule has 4 fully saturated rings. The molecular weight excluding hydrogens is 1080 g/mol. The zero-order valence-electron chi connectivity index (χ0n) is 46.4. The first-order chi connectivity index (χ1) is 39.4. The van der Waals surface area contributed by atoms with Gasteiger partial charge in [-0.1, -0.05) is 127 Å². The number of nitrogens with zero attached hydrogens (tertiary/aromatic N) is 4. The maximum absolute atomic E-state index is 15.0. The first-order valence-corrected chi connectivity index (χ1v) is 30.8. The van der Waals surface area contributed by atoms with Gasteiger partial charge in [0.15, 0.2) is 0 Å². The van der Waals surface area contributed by atoms with Crippen LogP contribution in [0.1, 0.15) is 86.7 Å². The summed E-state index contributed by atoms with van der Waals surface area (Å²) in [6.45, 7) is 1.80. The summed E-state index contributed by atoms with van der Waals surface area (Å²) in [7, 11) is -6.13. The van der Waals surface area contributed by atoms with Crippen LogP contribution in [0.2, 0.25) is 0 Å². The molecule has 6 N–H and O–H groups in total. The lowest BCUT2D eigenvalue weighted by Crippen LogP contribution is -2.62. The minimum atomic E-state index is -4.63. The Labute approximate surface area is 479 Å². The van der Waals surface area contributed by atoms with Gasteiger partial charge in [0, 0.05) is 38.3 Å². The van der Waals surface area contributed by atoms with E-state index < -0.39 is 139 Å². The average molecular weight is 1160 g/mol. The van der Waals surface area contributed by atoms with Crippen molar-refractivity contribution in [3.63, 3.8) is 0 Å². The van der Waals surface area contributed by atoms with E-state index in [0.717, 1.165) is 36.9 Å². The number of carbonyl (C=O) groups excluding carboxylic acids is 6. The molecule has 4 saturated heterocycles. The van der Waals surface area contributed by atoms with Crippen molar-refractivity contribution in [2.24, 2.45) is 0 Å². The summed E-state index contributed by atoms with van der Waals surface area (Å²) < 4.78 is 62.2. The van der Waals surface area contributed by atoms with Gasteiger partial charge in [-0.25, -0.2) is 16.8 Å². The van der Waals surface area contributed by atoms with Crippen molar-refractivity contribution >= 4 is 55.5 Å². The van der Waals surface area contributed by atoms with E-state index in [2.05, 4.69) is 31.9 Å². The summed E-state index contributed by atoms with van der Waals surface area (Å²) in [6.07, 6.45) is 1.54. The number of fused-ring (bicyclic) bond motifs is 2. The Balaban J connectivity index is 0.962. The van der Waals surface area contributed by atoms with Crippen LogP contribution in [0, 0.1) is 0 Å². The highest BCUT2D eigenvalue weighted by molar-refractivity contribution is 7.90. The van der Waals surface area contributed by atoms with E-state index in [4.69, 9.17) is 0 Å². The number of hydrogen-bond donors (Lipinski definition) is 6. The third-order valence-electron chi connectivity index (χ3n) is 16.4. The minimum absolute atomic E-state index is 0.129. The molecule has 0 aromatic heterocycles. The molecule has 0 unspecified atom stereocenters. The molecule has 6 amide bonds. The molecule has 82 heavy (non-hydrogen) atoms. The summed E-state index contributed by atoms with van der Waals surface area (Å²) in [5.74, 6) is -3.25. The summed E-state index contributed by atoms with van der Waals surface area (Å²) in [6, 6.07) is 34.0. The Bertz CT molecular complexity index is 3030. The molecule has 4 aliphatic heterocycles. The Morgan fingerprint density at radius 2 is 0.793 bits per heavy atom. The third kappa shape index (κ3) is 12.8. The van der Waals surface area contributed by atoms with Gasteiger partial charge in [-0.2, -0.15) is 8.61 Å². The summed E-state index contributed by atoms with van der Waals surface area (Å²) >= 11 is 0. The number of rotatable bonds is 18. The smallest absolute Gasteiger partial charge is 0.247 e. The number of hydrogen-bond acceptors (Lipinski definition) is 12. The van der Waals surface area contributed by atoms with Crippen LogP contribution in [0.4, 0.5) is 0 Å². The summed E-state index contributed by atoms with van der Waals surface area (Å²) in [4.78, 5) is 88.2. The van der Waals surface area contributed by atoms with E-state index in [9.17, 15) is 28.8 Å². The van der Waals surface area contributed by atoms with E-state index in [-0.39, 0.29) is 38.8 Å². The highest BCUT2D eigenvalue weighted by Crippen LogP contribution is 2.35. The topological polar surface area (TPSA) is 256 Å². The molecule has 0 aliphatic carbocycles. The fraction of sp³-hybridized carbons (Fsp3) is 0.400. The lowest BCUT2D eigenvalue weighted by Gasteiger charge is -2.39. The number of nitrogens with one attached hydrogen (secondary N) is 6. The van der Waals surface area contributed by atoms with Gasteiger partial charge in [0.1, 0.15) is 24.2 Å². The van der Waals surface area contributed by atoms with Gasteiger partial charge < -0.3 is 41.7 Å². The Kier molecular flexibility index (Phi) is 18.7. The Morgan fingerprint density at radius 1 is 0.463 bits per heavy atom. The van der Waals surface area contributed by atoms with Crippen molar-refractivity contribution in [3.8, 4) is 0 Å². The molecule has 434 valence electrons. The first-order valence-electron chi connectivity index (χ1n) is 27.9. The van der Waals surface area contributed by atoms with Gasteiger partial charge in [-0.15, -0.1) is 0 Å². The van der Waals surface area contributed by atoms with Gasteiger partial charge in [0.05, 0.1) is 34.0 Å². The molecule has 5 aromatic rings. The van der Waals surface area contributed by atoms with Crippen LogP contribution in [0.15, 0.2) is 155 Å². The second-order valence-corrected chi connectivity index (χ2v) is 25.3. The van der Waals surface area contributed by atoms with E-state index in [1.807, 2.05) is 121 Å². The molecule has 0 spiro atoms. The van der Waals surface area contributed by atoms with Gasteiger partial charge in [0.25, 0.3) is 0 Å². The monoisotopic (exact) mass is 1160 g/mol. The number of likely N-dealkylation sites (N-methyl/N-ethyl adjacent to an activating group) is 2. The van der Waals surface area contributed by atoms with Crippen LogP contribution in [0.25, 0.3) is 0 Å². The van der Waals surface area contributed by atoms with Crippen molar-refractivity contribution in [1.82, 2.24) is 50.3 Å². The number of benzene rings is 5. The van der Waals surface area contributed by atoms with Gasteiger partial charge in [-0.3, -0.25) is 28.8 Å². The quantitative estimate of drug-likeness (QED) is 0.0740. The normalized spacial score (nSPS) is 22.7. The number of sulfonamides is 2. The standard InChI is InChI=1S/C60H72N10O10S2/c1-39(61-3)55(71)63-49-37-67(34-32-45-28-30-51(69(45)59(49)75)57(73)65-53(41-18-9-5-10-19-41)42-20-11-6-12-21-42)81(77,78)47-26-17-27-48(36-47)82(79,80)68-35-33-46-29-31-52(70(46)60(76)50(38-68)64-56(72)40(2)62-4)58(74)66-54(43-22-13-7-14-23-43)44-24-15-8-16-25-44/h5-27,36,39-40,45-46,49-54,61-62H,28-35,37-38H2,1-4H3,(H,63,71)(H,64,72)(H,65,73)(H,66,74)/t39-,40-,45+,46+,49-,50-,51-,52+/m0/s1. The predicted octanol–water partition coefficient (Wildman–Crippen LogP) is 3.19. The van der Waals surface area contributed by atoms with Crippen LogP contribution in [0.3, 0.4) is 0 Å². The Morgan fingerprint density at radius 3 is 1.11 bits per heavy atom. The molecule has 8 atom stereocenters. The van der Waals surface area contributed by atoms with E-state index in [1.165, 1.54) is 28.0 Å². The van der Waals surface area contributed by atoms with Crippen LogP contribution >= 0.6 is 0 Å². The maximum atomic E-state index is 15.0. The van der Waals surface area contributed by atoms with Crippen LogP contribution < -0.4 is 31.9 Å². The fourth-order valence-electron chi connectivity index (χ4n) is 11.6.